The van der Waals surface area contributed by atoms with E-state index in [0.29, 0.717) is 18.7 Å². The van der Waals surface area contributed by atoms with Gasteiger partial charge in [-0.05, 0) is 46.3 Å². The van der Waals surface area contributed by atoms with Gasteiger partial charge >= 0.3 is 0 Å². The second-order valence-corrected chi connectivity index (χ2v) is 7.22. The summed E-state index contributed by atoms with van der Waals surface area (Å²) in [5.74, 6) is 1.30. The highest BCUT2D eigenvalue weighted by Gasteiger charge is 2.25. The summed E-state index contributed by atoms with van der Waals surface area (Å²) in [7, 11) is -2.80. The number of anilines is 1. The first-order valence-electron chi connectivity index (χ1n) is 5.09. The Labute approximate surface area is 103 Å². The predicted molar refractivity (Wildman–Crippen MR) is 67.0 cm³/mol. The van der Waals surface area contributed by atoms with Crippen LogP contribution in [0.2, 0.25) is 0 Å². The van der Waals surface area contributed by atoms with Gasteiger partial charge in [0.15, 0.2) is 0 Å². The molecule has 1 aliphatic rings. The number of hydrogen-bond donors (Lipinski definition) is 1. The van der Waals surface area contributed by atoms with E-state index in [1.54, 1.807) is 6.20 Å². The number of pyridine rings is 1. The molecule has 1 aromatic heterocycles. The van der Waals surface area contributed by atoms with Crippen LogP contribution in [0.5, 0.6) is 0 Å². The molecule has 0 aromatic carbocycles. The van der Waals surface area contributed by atoms with Gasteiger partial charge in [0.25, 0.3) is 0 Å². The molecule has 6 heteroatoms. The van der Waals surface area contributed by atoms with Gasteiger partial charge in [-0.2, -0.15) is 0 Å². The average molecular weight is 305 g/mol. The molecule has 88 valence electrons. The third-order valence-corrected chi connectivity index (χ3v) is 5.27. The fraction of sp³-hybridized carbons (Fsp3) is 0.500. The number of nitrogen functional groups attached to an aromatic ring is 1. The highest BCUT2D eigenvalue weighted by molar-refractivity contribution is 9.10. The minimum absolute atomic E-state index is 0.277. The van der Waals surface area contributed by atoms with E-state index >= 15 is 0 Å². The van der Waals surface area contributed by atoms with Crippen LogP contribution in [0, 0.1) is 0 Å². The largest absolute Gasteiger partial charge is 0.383 e. The molecular formula is C10H13BrN2O2S. The summed E-state index contributed by atoms with van der Waals surface area (Å²) in [6, 6.07) is 1.94. The van der Waals surface area contributed by atoms with Gasteiger partial charge < -0.3 is 5.73 Å². The number of rotatable bonds is 1. The second kappa shape index (κ2) is 4.33. The van der Waals surface area contributed by atoms with Gasteiger partial charge in [0.2, 0.25) is 0 Å². The van der Waals surface area contributed by atoms with Crippen LogP contribution in [-0.2, 0) is 9.84 Å². The van der Waals surface area contributed by atoms with Crippen molar-refractivity contribution < 1.29 is 8.42 Å². The molecule has 2 heterocycles. The van der Waals surface area contributed by atoms with Crippen LogP contribution in [0.4, 0.5) is 5.82 Å². The van der Waals surface area contributed by atoms with E-state index in [-0.39, 0.29) is 17.4 Å². The maximum Gasteiger partial charge on any atom is 0.150 e. The van der Waals surface area contributed by atoms with Gasteiger partial charge in [-0.3, -0.25) is 0 Å². The first-order valence-corrected chi connectivity index (χ1v) is 7.71. The summed E-state index contributed by atoms with van der Waals surface area (Å²) in [4.78, 5) is 4.07. The topological polar surface area (TPSA) is 73.0 Å². The fourth-order valence-electron chi connectivity index (χ4n) is 1.91. The first-order chi connectivity index (χ1) is 7.48. The van der Waals surface area contributed by atoms with E-state index < -0.39 is 9.84 Å². The van der Waals surface area contributed by atoms with Crippen molar-refractivity contribution in [3.05, 3.63) is 22.3 Å². The summed E-state index contributed by atoms with van der Waals surface area (Å²) in [5, 5.41) is 0. The third-order valence-electron chi connectivity index (χ3n) is 2.92. The molecule has 0 unspecified atom stereocenters. The molecule has 2 N–H and O–H groups in total. The molecular weight excluding hydrogens is 292 g/mol. The molecule has 0 radical (unpaired) electrons. The Morgan fingerprint density at radius 2 is 2.00 bits per heavy atom. The molecule has 1 aliphatic heterocycles. The van der Waals surface area contributed by atoms with Crippen LogP contribution >= 0.6 is 15.9 Å². The van der Waals surface area contributed by atoms with Gasteiger partial charge in [-0.15, -0.1) is 0 Å². The number of sulfone groups is 1. The number of halogens is 1. The van der Waals surface area contributed by atoms with Crippen molar-refractivity contribution in [3.63, 3.8) is 0 Å². The summed E-state index contributed by atoms with van der Waals surface area (Å²) in [5.41, 5.74) is 6.67. The standard InChI is InChI=1S/C10H13BrN2O2S/c11-9-5-8(6-13-10(9)12)7-1-3-16(14,15)4-2-7/h5-7H,1-4H2,(H2,12,13). The van der Waals surface area contributed by atoms with Gasteiger partial charge in [0.05, 0.1) is 16.0 Å². The van der Waals surface area contributed by atoms with Crippen molar-refractivity contribution in [1.29, 1.82) is 0 Å². The molecule has 0 atom stereocenters. The van der Waals surface area contributed by atoms with Crippen LogP contribution in [0.3, 0.4) is 0 Å². The van der Waals surface area contributed by atoms with Crippen LogP contribution in [-0.4, -0.2) is 24.9 Å². The lowest BCUT2D eigenvalue weighted by Crippen LogP contribution is -2.22. The number of hydrogen-bond acceptors (Lipinski definition) is 4. The molecule has 2 rings (SSSR count). The highest BCUT2D eigenvalue weighted by atomic mass is 79.9. The summed E-state index contributed by atoms with van der Waals surface area (Å²) >= 11 is 3.33. The van der Waals surface area contributed by atoms with Crippen molar-refractivity contribution in [2.45, 2.75) is 18.8 Å². The minimum Gasteiger partial charge on any atom is -0.383 e. The first kappa shape index (κ1) is 11.9. The normalized spacial score (nSPS) is 20.8. The smallest absolute Gasteiger partial charge is 0.150 e. The molecule has 0 saturated carbocycles. The Morgan fingerprint density at radius 1 is 1.38 bits per heavy atom. The van der Waals surface area contributed by atoms with Crippen molar-refractivity contribution >= 4 is 31.6 Å². The SMILES string of the molecule is Nc1ncc(C2CCS(=O)(=O)CC2)cc1Br. The molecule has 1 aromatic rings. The summed E-state index contributed by atoms with van der Waals surface area (Å²) in [6.45, 7) is 0. The van der Waals surface area contributed by atoms with E-state index in [9.17, 15) is 8.42 Å². The van der Waals surface area contributed by atoms with Crippen LogP contribution < -0.4 is 5.73 Å². The molecule has 4 nitrogen and oxygen atoms in total. The number of nitrogens with two attached hydrogens (primary N) is 1. The predicted octanol–water partition coefficient (Wildman–Crippen LogP) is 1.72. The van der Waals surface area contributed by atoms with Gasteiger partial charge in [0.1, 0.15) is 15.7 Å². The molecule has 0 bridgehead atoms. The Bertz CT molecular complexity index is 488. The van der Waals surface area contributed by atoms with E-state index in [1.807, 2.05) is 6.07 Å². The van der Waals surface area contributed by atoms with E-state index in [4.69, 9.17) is 5.73 Å². The lowest BCUT2D eigenvalue weighted by molar-refractivity contribution is 0.549. The Hall–Kier alpha value is -0.620. The highest BCUT2D eigenvalue weighted by Crippen LogP contribution is 2.31. The lowest BCUT2D eigenvalue weighted by Gasteiger charge is -2.22. The summed E-state index contributed by atoms with van der Waals surface area (Å²) in [6.07, 6.45) is 3.10. The molecule has 0 amide bonds. The van der Waals surface area contributed by atoms with Gasteiger partial charge in [0, 0.05) is 6.20 Å². The van der Waals surface area contributed by atoms with Crippen molar-refractivity contribution in [2.24, 2.45) is 0 Å². The second-order valence-electron chi connectivity index (χ2n) is 4.06. The van der Waals surface area contributed by atoms with E-state index in [2.05, 4.69) is 20.9 Å². The summed E-state index contributed by atoms with van der Waals surface area (Å²) < 4.78 is 23.4. The van der Waals surface area contributed by atoms with Crippen LogP contribution in [0.1, 0.15) is 24.3 Å². The fourth-order valence-corrected chi connectivity index (χ4v) is 3.77. The average Bonchev–Trinajstić information content (AvgIpc) is 2.22. The van der Waals surface area contributed by atoms with E-state index in [1.165, 1.54) is 0 Å². The Morgan fingerprint density at radius 3 is 2.56 bits per heavy atom. The minimum atomic E-state index is -2.80. The van der Waals surface area contributed by atoms with Crippen LogP contribution in [0.15, 0.2) is 16.7 Å². The van der Waals surface area contributed by atoms with Gasteiger partial charge in [-0.25, -0.2) is 13.4 Å². The van der Waals surface area contributed by atoms with Crippen molar-refractivity contribution in [1.82, 2.24) is 4.98 Å². The number of aromatic nitrogens is 1. The monoisotopic (exact) mass is 304 g/mol. The number of nitrogens with zero attached hydrogens (tertiary/aromatic N) is 1. The molecule has 0 aliphatic carbocycles. The zero-order chi connectivity index (χ0) is 11.8. The molecule has 16 heavy (non-hydrogen) atoms. The Balaban J connectivity index is 2.17. The molecule has 0 spiro atoms. The maximum atomic E-state index is 11.3. The van der Waals surface area contributed by atoms with Crippen LogP contribution in [0.25, 0.3) is 0 Å². The third kappa shape index (κ3) is 2.55. The van der Waals surface area contributed by atoms with E-state index in [0.717, 1.165) is 10.0 Å². The zero-order valence-corrected chi connectivity index (χ0v) is 11.1. The quantitative estimate of drug-likeness (QED) is 0.857. The molecule has 1 saturated heterocycles. The van der Waals surface area contributed by atoms with Crippen molar-refractivity contribution in [3.8, 4) is 0 Å². The zero-order valence-electron chi connectivity index (χ0n) is 8.69. The molecule has 1 fully saturated rings. The lowest BCUT2D eigenvalue weighted by atomic mass is 9.95. The van der Waals surface area contributed by atoms with Crippen molar-refractivity contribution in [2.75, 3.05) is 17.2 Å². The van der Waals surface area contributed by atoms with Gasteiger partial charge in [-0.1, -0.05) is 0 Å². The Kier molecular flexibility index (Phi) is 3.21. The maximum absolute atomic E-state index is 11.3.